The first-order chi connectivity index (χ1) is 10.2. The van der Waals surface area contributed by atoms with Crippen LogP contribution in [0.15, 0.2) is 36.7 Å². The third-order valence-corrected chi connectivity index (χ3v) is 3.40. The number of benzene rings is 1. The third kappa shape index (κ3) is 5.25. The molecule has 2 aromatic rings. The summed E-state index contributed by atoms with van der Waals surface area (Å²) >= 11 is 0. The van der Waals surface area contributed by atoms with Crippen LogP contribution in [0.5, 0.6) is 0 Å². The molecule has 0 amide bonds. The van der Waals surface area contributed by atoms with Crippen LogP contribution in [0, 0.1) is 13.8 Å². The number of aliphatic hydroxyl groups is 1. The molecule has 4 nitrogen and oxygen atoms in total. The molecule has 0 unspecified atom stereocenters. The summed E-state index contributed by atoms with van der Waals surface area (Å²) in [6, 6.07) is 8.59. The van der Waals surface area contributed by atoms with Gasteiger partial charge < -0.3 is 5.11 Å². The average Bonchev–Trinajstić information content (AvgIpc) is 2.49. The summed E-state index contributed by atoms with van der Waals surface area (Å²) < 4.78 is 0. The minimum absolute atomic E-state index is 0.217. The van der Waals surface area contributed by atoms with E-state index in [-0.39, 0.29) is 6.61 Å². The second-order valence-corrected chi connectivity index (χ2v) is 5.41. The molecule has 0 aliphatic heterocycles. The van der Waals surface area contributed by atoms with Crippen molar-refractivity contribution in [1.29, 1.82) is 0 Å². The maximum Gasteiger partial charge on any atom is 0.125 e. The Morgan fingerprint density at radius 1 is 0.952 bits per heavy atom. The normalized spacial score (nSPS) is 11.0. The predicted octanol–water partition coefficient (Wildman–Crippen LogP) is 2.48. The van der Waals surface area contributed by atoms with Crippen LogP contribution in [0.4, 0.5) is 0 Å². The van der Waals surface area contributed by atoms with Crippen LogP contribution in [0.2, 0.25) is 0 Å². The first-order valence-electron chi connectivity index (χ1n) is 7.33. The molecule has 1 aromatic carbocycles. The molecule has 0 atom stereocenters. The summed E-state index contributed by atoms with van der Waals surface area (Å²) in [4.78, 5) is 10.8. The summed E-state index contributed by atoms with van der Waals surface area (Å²) in [6.07, 6.45) is 4.53. The number of aryl methyl sites for hydroxylation is 2. The van der Waals surface area contributed by atoms with Crippen LogP contribution >= 0.6 is 0 Å². The standard InChI is InChI=1S/C17H23N3O/c1-14-4-6-16(7-5-14)12-20(8-3-9-21)13-17-10-18-15(2)19-11-17/h4-7,10-11,21H,3,8-9,12-13H2,1-2H3. The van der Waals surface area contributed by atoms with E-state index in [1.54, 1.807) is 0 Å². The lowest BCUT2D eigenvalue weighted by Crippen LogP contribution is -2.25. The Bertz CT molecular complexity index is 489. The van der Waals surface area contributed by atoms with Crippen molar-refractivity contribution in [2.75, 3.05) is 13.2 Å². The van der Waals surface area contributed by atoms with E-state index in [2.05, 4.69) is 46.1 Å². The van der Waals surface area contributed by atoms with Gasteiger partial charge in [-0.1, -0.05) is 29.8 Å². The Kier molecular flexibility index (Phi) is 5.84. The summed E-state index contributed by atoms with van der Waals surface area (Å²) in [6.45, 7) is 6.73. The van der Waals surface area contributed by atoms with Gasteiger partial charge in [0.2, 0.25) is 0 Å². The van der Waals surface area contributed by atoms with Crippen LogP contribution in [0.3, 0.4) is 0 Å². The second-order valence-electron chi connectivity index (χ2n) is 5.41. The Morgan fingerprint density at radius 3 is 2.19 bits per heavy atom. The van der Waals surface area contributed by atoms with Crippen molar-refractivity contribution in [3.05, 3.63) is 59.2 Å². The lowest BCUT2D eigenvalue weighted by atomic mass is 10.1. The SMILES string of the molecule is Cc1ccc(CN(CCCO)Cc2cnc(C)nc2)cc1. The van der Waals surface area contributed by atoms with Crippen molar-refractivity contribution in [1.82, 2.24) is 14.9 Å². The van der Waals surface area contributed by atoms with Crippen LogP contribution in [0.25, 0.3) is 0 Å². The number of aromatic nitrogens is 2. The van der Waals surface area contributed by atoms with Gasteiger partial charge in [-0.3, -0.25) is 4.90 Å². The Hall–Kier alpha value is -1.78. The van der Waals surface area contributed by atoms with Crippen molar-refractivity contribution < 1.29 is 5.11 Å². The van der Waals surface area contributed by atoms with E-state index in [9.17, 15) is 0 Å². The van der Waals surface area contributed by atoms with Gasteiger partial charge in [0.1, 0.15) is 5.82 Å². The predicted molar refractivity (Wildman–Crippen MR) is 83.8 cm³/mol. The molecule has 0 aliphatic carbocycles. The fourth-order valence-corrected chi connectivity index (χ4v) is 2.22. The number of rotatable bonds is 7. The summed E-state index contributed by atoms with van der Waals surface area (Å²) in [7, 11) is 0. The van der Waals surface area contributed by atoms with Crippen LogP contribution < -0.4 is 0 Å². The first-order valence-corrected chi connectivity index (χ1v) is 7.33. The lowest BCUT2D eigenvalue weighted by Gasteiger charge is -2.22. The van der Waals surface area contributed by atoms with Gasteiger partial charge in [-0.2, -0.15) is 0 Å². The Morgan fingerprint density at radius 2 is 1.57 bits per heavy atom. The summed E-state index contributed by atoms with van der Waals surface area (Å²) in [5.41, 5.74) is 3.66. The second kappa shape index (κ2) is 7.86. The topological polar surface area (TPSA) is 49.2 Å². The van der Waals surface area contributed by atoms with E-state index in [4.69, 9.17) is 5.11 Å². The number of hydrogen-bond donors (Lipinski definition) is 1. The van der Waals surface area contributed by atoms with Gasteiger partial charge in [-0.05, 0) is 25.8 Å². The quantitative estimate of drug-likeness (QED) is 0.849. The molecule has 0 spiro atoms. The minimum Gasteiger partial charge on any atom is -0.396 e. The zero-order valence-corrected chi connectivity index (χ0v) is 12.8. The van der Waals surface area contributed by atoms with Crippen molar-refractivity contribution in [2.24, 2.45) is 0 Å². The molecule has 2 rings (SSSR count). The van der Waals surface area contributed by atoms with Crippen LogP contribution in [-0.4, -0.2) is 33.1 Å². The van der Waals surface area contributed by atoms with E-state index in [0.29, 0.717) is 0 Å². The van der Waals surface area contributed by atoms with E-state index in [1.807, 2.05) is 19.3 Å². The van der Waals surface area contributed by atoms with Gasteiger partial charge in [0.15, 0.2) is 0 Å². The van der Waals surface area contributed by atoms with Crippen LogP contribution in [0.1, 0.15) is 28.9 Å². The Labute approximate surface area is 126 Å². The van der Waals surface area contributed by atoms with Gasteiger partial charge in [0.05, 0.1) is 0 Å². The molecule has 0 bridgehead atoms. The molecule has 4 heteroatoms. The van der Waals surface area contributed by atoms with E-state index in [1.165, 1.54) is 11.1 Å². The first kappa shape index (κ1) is 15.6. The molecule has 0 saturated heterocycles. The average molecular weight is 285 g/mol. The molecule has 0 saturated carbocycles. The Balaban J connectivity index is 2.02. The monoisotopic (exact) mass is 285 g/mol. The molecule has 112 valence electrons. The fourth-order valence-electron chi connectivity index (χ4n) is 2.22. The fraction of sp³-hybridized carbons (Fsp3) is 0.412. The lowest BCUT2D eigenvalue weighted by molar-refractivity contribution is 0.212. The third-order valence-electron chi connectivity index (χ3n) is 3.40. The van der Waals surface area contributed by atoms with E-state index >= 15 is 0 Å². The van der Waals surface area contributed by atoms with Crippen molar-refractivity contribution >= 4 is 0 Å². The summed E-state index contributed by atoms with van der Waals surface area (Å²) in [5, 5.41) is 9.07. The van der Waals surface area contributed by atoms with Crippen molar-refractivity contribution in [3.63, 3.8) is 0 Å². The number of aliphatic hydroxyl groups excluding tert-OH is 1. The molecule has 0 radical (unpaired) electrons. The van der Waals surface area contributed by atoms with Gasteiger partial charge >= 0.3 is 0 Å². The maximum atomic E-state index is 9.07. The highest BCUT2D eigenvalue weighted by Gasteiger charge is 2.07. The van der Waals surface area contributed by atoms with Crippen molar-refractivity contribution in [3.8, 4) is 0 Å². The molecule has 1 heterocycles. The summed E-state index contributed by atoms with van der Waals surface area (Å²) in [5.74, 6) is 0.791. The van der Waals surface area contributed by atoms with Crippen LogP contribution in [-0.2, 0) is 13.1 Å². The largest absolute Gasteiger partial charge is 0.396 e. The van der Waals surface area contributed by atoms with Gasteiger partial charge in [0.25, 0.3) is 0 Å². The molecule has 1 aromatic heterocycles. The zero-order valence-electron chi connectivity index (χ0n) is 12.8. The highest BCUT2D eigenvalue weighted by atomic mass is 16.3. The van der Waals surface area contributed by atoms with Gasteiger partial charge in [-0.15, -0.1) is 0 Å². The maximum absolute atomic E-state index is 9.07. The van der Waals surface area contributed by atoms with E-state index < -0.39 is 0 Å². The molecular formula is C17H23N3O. The molecule has 21 heavy (non-hydrogen) atoms. The molecular weight excluding hydrogens is 262 g/mol. The van der Waals surface area contributed by atoms with E-state index in [0.717, 1.165) is 37.4 Å². The minimum atomic E-state index is 0.217. The number of hydrogen-bond acceptors (Lipinski definition) is 4. The smallest absolute Gasteiger partial charge is 0.125 e. The number of nitrogens with zero attached hydrogens (tertiary/aromatic N) is 3. The zero-order chi connectivity index (χ0) is 15.1. The molecule has 0 aliphatic rings. The van der Waals surface area contributed by atoms with Gasteiger partial charge in [-0.25, -0.2) is 9.97 Å². The highest BCUT2D eigenvalue weighted by Crippen LogP contribution is 2.11. The molecule has 1 N–H and O–H groups in total. The highest BCUT2D eigenvalue weighted by molar-refractivity contribution is 5.21. The van der Waals surface area contributed by atoms with Gasteiger partial charge in [0, 0.05) is 44.2 Å². The van der Waals surface area contributed by atoms with Crippen molar-refractivity contribution in [2.45, 2.75) is 33.4 Å². The molecule has 0 fully saturated rings.